The molecule has 0 fully saturated rings. The summed E-state index contributed by atoms with van der Waals surface area (Å²) in [5.74, 6) is 0. The largest absolute Gasteiger partial charge is 0.432 e. The highest BCUT2D eigenvalue weighted by Crippen LogP contribution is 2.33. The Labute approximate surface area is 87.7 Å². The van der Waals surface area contributed by atoms with E-state index in [1.165, 1.54) is 0 Å². The number of hydrogen-bond donors (Lipinski definition) is 0. The van der Waals surface area contributed by atoms with Crippen molar-refractivity contribution >= 4 is 69.6 Å². The van der Waals surface area contributed by atoms with E-state index in [0.717, 1.165) is 0 Å². The van der Waals surface area contributed by atoms with Gasteiger partial charge >= 0.3 is 3.98 Å². The van der Waals surface area contributed by atoms with Crippen molar-refractivity contribution in [1.29, 1.82) is 0 Å². The molecule has 7 heteroatoms. The lowest BCUT2D eigenvalue weighted by Crippen LogP contribution is -2.05. The second-order valence-corrected chi connectivity index (χ2v) is 4.55. The fourth-order valence-corrected chi connectivity index (χ4v) is 0.683. The van der Waals surface area contributed by atoms with Crippen molar-refractivity contribution in [2.75, 3.05) is 0 Å². The molecular weight excluding hydrogens is 265 g/mol. The van der Waals surface area contributed by atoms with Gasteiger partial charge in [0, 0.05) is 0 Å². The van der Waals surface area contributed by atoms with Gasteiger partial charge < -0.3 is 4.74 Å². The van der Waals surface area contributed by atoms with Crippen LogP contribution in [-0.2, 0) is 4.74 Å². The van der Waals surface area contributed by atoms with Gasteiger partial charge in [-0.2, -0.15) is 0 Å². The third-order valence-electron chi connectivity index (χ3n) is 0.354. The topological polar surface area (TPSA) is 9.23 Å². The zero-order valence-corrected chi connectivity index (χ0v) is 8.71. The van der Waals surface area contributed by atoms with Crippen LogP contribution in [0.3, 0.4) is 0 Å². The van der Waals surface area contributed by atoms with E-state index in [0.29, 0.717) is 0 Å². The van der Waals surface area contributed by atoms with Crippen molar-refractivity contribution in [2.45, 2.75) is 3.98 Å². The highest BCUT2D eigenvalue weighted by molar-refractivity contribution is 6.66. The third-order valence-corrected chi connectivity index (χ3v) is 1.39. The van der Waals surface area contributed by atoms with Crippen LogP contribution in [0.5, 0.6) is 0 Å². The quantitative estimate of drug-likeness (QED) is 0.510. The van der Waals surface area contributed by atoms with E-state index in [4.69, 9.17) is 69.6 Å². The monoisotopic (exact) mass is 262 g/mol. The SMILES string of the molecule is ClC(Cl)=C(Cl)OC(Cl)(Cl)Cl. The number of alkyl halides is 3. The molecule has 1 nitrogen and oxygen atoms in total. The van der Waals surface area contributed by atoms with E-state index in [9.17, 15) is 0 Å². The zero-order chi connectivity index (χ0) is 8.36. The van der Waals surface area contributed by atoms with Crippen molar-refractivity contribution in [3.63, 3.8) is 0 Å². The molecule has 0 heterocycles. The van der Waals surface area contributed by atoms with Crippen molar-refractivity contribution in [3.8, 4) is 0 Å². The molecule has 0 aliphatic heterocycles. The molecule has 0 aliphatic carbocycles. The lowest BCUT2D eigenvalue weighted by molar-refractivity contribution is 0.235. The van der Waals surface area contributed by atoms with Gasteiger partial charge in [0.1, 0.15) is 0 Å². The van der Waals surface area contributed by atoms with E-state index in [1.54, 1.807) is 0 Å². The number of halogens is 6. The molecule has 0 saturated carbocycles. The molecule has 0 bridgehead atoms. The van der Waals surface area contributed by atoms with Gasteiger partial charge in [0.2, 0.25) is 5.22 Å². The Morgan fingerprint density at radius 3 is 1.50 bits per heavy atom. The van der Waals surface area contributed by atoms with Crippen LogP contribution < -0.4 is 0 Å². The first-order valence-corrected chi connectivity index (χ1v) is 4.06. The zero-order valence-electron chi connectivity index (χ0n) is 4.18. The molecule has 0 aliphatic rings. The van der Waals surface area contributed by atoms with E-state index >= 15 is 0 Å². The second kappa shape index (κ2) is 4.34. The molecule has 0 N–H and O–H groups in total. The summed E-state index contributed by atoms with van der Waals surface area (Å²) in [6.07, 6.45) is 0. The first kappa shape index (κ1) is 11.3. The molecule has 10 heavy (non-hydrogen) atoms. The minimum Gasteiger partial charge on any atom is -0.432 e. The molecule has 0 aromatic heterocycles. The number of hydrogen-bond acceptors (Lipinski definition) is 1. The van der Waals surface area contributed by atoms with E-state index in [-0.39, 0.29) is 9.71 Å². The first-order chi connectivity index (χ1) is 4.33. The highest BCUT2D eigenvalue weighted by Gasteiger charge is 2.23. The Morgan fingerprint density at radius 2 is 1.40 bits per heavy atom. The fourth-order valence-electron chi connectivity index (χ4n) is 0.140. The van der Waals surface area contributed by atoms with Gasteiger partial charge in [0.25, 0.3) is 0 Å². The van der Waals surface area contributed by atoms with Crippen LogP contribution in [0.2, 0.25) is 0 Å². The summed E-state index contributed by atoms with van der Waals surface area (Å²) >= 11 is 31.0. The Bertz CT molecular complexity index is 142. The van der Waals surface area contributed by atoms with Crippen molar-refractivity contribution in [2.24, 2.45) is 0 Å². The van der Waals surface area contributed by atoms with Crippen molar-refractivity contribution < 1.29 is 4.74 Å². The van der Waals surface area contributed by atoms with E-state index in [1.807, 2.05) is 0 Å². The van der Waals surface area contributed by atoms with E-state index in [2.05, 4.69) is 4.74 Å². The van der Waals surface area contributed by atoms with Crippen LogP contribution in [0.15, 0.2) is 9.71 Å². The number of rotatable bonds is 1. The smallest absolute Gasteiger partial charge is 0.339 e. The van der Waals surface area contributed by atoms with Gasteiger partial charge in [-0.05, 0) is 46.4 Å². The summed E-state index contributed by atoms with van der Waals surface area (Å²) < 4.78 is 2.14. The van der Waals surface area contributed by atoms with Gasteiger partial charge in [-0.25, -0.2) is 0 Å². The van der Waals surface area contributed by atoms with Gasteiger partial charge in [-0.3, -0.25) is 0 Å². The van der Waals surface area contributed by atoms with Crippen LogP contribution in [0.4, 0.5) is 0 Å². The van der Waals surface area contributed by atoms with Crippen LogP contribution in [0.1, 0.15) is 0 Å². The fraction of sp³-hybridized carbons (Fsp3) is 0.333. The molecular formula is C3Cl6O. The van der Waals surface area contributed by atoms with Crippen LogP contribution in [0, 0.1) is 0 Å². The molecule has 0 unspecified atom stereocenters. The predicted octanol–water partition coefficient (Wildman–Crippen LogP) is 4.17. The van der Waals surface area contributed by atoms with Crippen molar-refractivity contribution in [1.82, 2.24) is 0 Å². The Kier molecular flexibility index (Phi) is 4.90. The second-order valence-electron chi connectivity index (χ2n) is 1.08. The minimum absolute atomic E-state index is 0.298. The molecule has 0 atom stereocenters. The maximum absolute atomic E-state index is 5.24. The summed E-state index contributed by atoms with van der Waals surface area (Å²) in [7, 11) is 0. The Hall–Kier alpha value is 1.28. The van der Waals surface area contributed by atoms with Crippen LogP contribution in [-0.4, -0.2) is 3.98 Å². The number of ether oxygens (including phenoxy) is 1. The first-order valence-electron chi connectivity index (χ1n) is 1.79. The molecule has 0 spiro atoms. The molecule has 60 valence electrons. The van der Waals surface area contributed by atoms with Gasteiger partial charge in [0.15, 0.2) is 4.49 Å². The summed E-state index contributed by atoms with van der Waals surface area (Å²) in [6, 6.07) is 0. The summed E-state index contributed by atoms with van der Waals surface area (Å²) in [5.41, 5.74) is 0. The molecule has 0 aromatic carbocycles. The van der Waals surface area contributed by atoms with Gasteiger partial charge in [0.05, 0.1) is 0 Å². The Balaban J connectivity index is 4.06. The van der Waals surface area contributed by atoms with Crippen LogP contribution in [0.25, 0.3) is 0 Å². The third kappa shape index (κ3) is 6.02. The highest BCUT2D eigenvalue weighted by atomic mass is 35.6. The molecule has 0 amide bonds. The normalized spacial score (nSPS) is 11.0. The molecule has 0 rings (SSSR count). The maximum Gasteiger partial charge on any atom is 0.339 e. The van der Waals surface area contributed by atoms with E-state index < -0.39 is 3.98 Å². The van der Waals surface area contributed by atoms with Gasteiger partial charge in [-0.15, -0.1) is 0 Å². The Morgan fingerprint density at radius 1 is 1.00 bits per heavy atom. The maximum atomic E-state index is 5.24. The summed E-state index contributed by atoms with van der Waals surface area (Å²) in [5, 5.41) is -0.358. The average molecular weight is 265 g/mol. The lowest BCUT2D eigenvalue weighted by Gasteiger charge is -2.11. The van der Waals surface area contributed by atoms with Crippen molar-refractivity contribution in [3.05, 3.63) is 9.71 Å². The average Bonchev–Trinajstić information content (AvgIpc) is 1.60. The lowest BCUT2D eigenvalue weighted by atomic mass is 11.1. The predicted molar refractivity (Wildman–Crippen MR) is 46.0 cm³/mol. The van der Waals surface area contributed by atoms with Gasteiger partial charge in [-0.1, -0.05) is 23.2 Å². The summed E-state index contributed by atoms with van der Waals surface area (Å²) in [4.78, 5) is 0. The molecule has 0 aromatic rings. The minimum atomic E-state index is -1.94. The standard InChI is InChI=1S/C3Cl6O/c4-1(5)2(6)10-3(7,8)9. The van der Waals surface area contributed by atoms with Crippen LogP contribution >= 0.6 is 69.6 Å². The molecule has 0 radical (unpaired) electrons. The molecule has 0 saturated heterocycles. The summed E-state index contributed by atoms with van der Waals surface area (Å²) in [6.45, 7) is 0.